The summed E-state index contributed by atoms with van der Waals surface area (Å²) in [6.45, 7) is 11.7. The average molecular weight is 548 g/mol. The molecule has 3 rings (SSSR count). The molecule has 1 N–H and O–H groups in total. The van der Waals surface area contributed by atoms with Crippen LogP contribution in [-0.4, -0.2) is 72.9 Å². The molecule has 1 saturated heterocycles. The Hall–Kier alpha value is -0.870. The van der Waals surface area contributed by atoms with Crippen LogP contribution < -0.4 is 5.32 Å². The first kappa shape index (κ1) is 26.4. The summed E-state index contributed by atoms with van der Waals surface area (Å²) >= 11 is 0. The second-order valence-electron chi connectivity index (χ2n) is 8.62. The lowest BCUT2D eigenvalue weighted by Gasteiger charge is -2.36. The SMILES string of the molecule is CCNC(=NCCCCCOC1CCCCC1)N1CCN(Cc2cc(C)on2)CC1.I. The van der Waals surface area contributed by atoms with Crippen molar-refractivity contribution in [3.05, 3.63) is 17.5 Å². The van der Waals surface area contributed by atoms with Crippen molar-refractivity contribution < 1.29 is 9.26 Å². The Morgan fingerprint density at radius 1 is 1.16 bits per heavy atom. The van der Waals surface area contributed by atoms with E-state index in [1.54, 1.807) is 0 Å². The van der Waals surface area contributed by atoms with Gasteiger partial charge in [0.25, 0.3) is 0 Å². The lowest BCUT2D eigenvalue weighted by molar-refractivity contribution is 0.0264. The largest absolute Gasteiger partial charge is 0.378 e. The summed E-state index contributed by atoms with van der Waals surface area (Å²) in [5, 5.41) is 7.59. The molecule has 0 radical (unpaired) electrons. The summed E-state index contributed by atoms with van der Waals surface area (Å²) in [6, 6.07) is 2.03. The number of aliphatic imine (C=N–C) groups is 1. The Bertz CT molecular complexity index is 625. The van der Waals surface area contributed by atoms with Crippen LogP contribution in [0.1, 0.15) is 69.7 Å². The van der Waals surface area contributed by atoms with Gasteiger partial charge in [0, 0.05) is 58.5 Å². The van der Waals surface area contributed by atoms with Crippen molar-refractivity contribution in [3.8, 4) is 0 Å². The standard InChI is InChI=1S/C23H41N5O2.HI/c1-3-24-23(25-12-8-5-9-17-29-22-10-6-4-7-11-22)28-15-13-27(14-16-28)19-21-18-20(2)30-26-21;/h18,22H,3-17,19H2,1-2H3,(H,24,25);1H. The molecule has 2 heterocycles. The zero-order valence-corrected chi connectivity index (χ0v) is 21.8. The van der Waals surface area contributed by atoms with Gasteiger partial charge in [-0.15, -0.1) is 24.0 Å². The van der Waals surface area contributed by atoms with Gasteiger partial charge in [-0.2, -0.15) is 0 Å². The number of hydrogen-bond acceptors (Lipinski definition) is 5. The molecule has 0 bridgehead atoms. The van der Waals surface area contributed by atoms with Crippen LogP contribution in [0.2, 0.25) is 0 Å². The number of halogens is 1. The van der Waals surface area contributed by atoms with E-state index in [0.29, 0.717) is 6.10 Å². The molecule has 2 fully saturated rings. The number of rotatable bonds is 10. The van der Waals surface area contributed by atoms with Crippen LogP contribution >= 0.6 is 24.0 Å². The van der Waals surface area contributed by atoms with Gasteiger partial charge in [-0.05, 0) is 46.0 Å². The summed E-state index contributed by atoms with van der Waals surface area (Å²) < 4.78 is 11.2. The highest BCUT2D eigenvalue weighted by atomic mass is 127. The molecule has 31 heavy (non-hydrogen) atoms. The second kappa shape index (κ2) is 15.1. The van der Waals surface area contributed by atoms with Gasteiger partial charge in [0.1, 0.15) is 5.76 Å². The van der Waals surface area contributed by atoms with Crippen molar-refractivity contribution in [2.75, 3.05) is 45.9 Å². The molecule has 0 amide bonds. The van der Waals surface area contributed by atoms with Crippen LogP contribution in [-0.2, 0) is 11.3 Å². The Morgan fingerprint density at radius 3 is 2.61 bits per heavy atom. The average Bonchev–Trinajstić information content (AvgIpc) is 3.18. The number of hydrogen-bond donors (Lipinski definition) is 1. The van der Waals surface area contributed by atoms with Gasteiger partial charge in [-0.1, -0.05) is 24.4 Å². The first-order valence-corrected chi connectivity index (χ1v) is 12.0. The number of ether oxygens (including phenoxy) is 1. The van der Waals surface area contributed by atoms with E-state index in [0.717, 1.165) is 82.7 Å². The van der Waals surface area contributed by atoms with Crippen molar-refractivity contribution in [3.63, 3.8) is 0 Å². The highest BCUT2D eigenvalue weighted by Gasteiger charge is 2.20. The first-order chi connectivity index (χ1) is 14.7. The molecule has 8 heteroatoms. The Kier molecular flexibility index (Phi) is 12.8. The molecular formula is C23H42IN5O2. The van der Waals surface area contributed by atoms with Crippen LogP contribution in [0.4, 0.5) is 0 Å². The monoisotopic (exact) mass is 547 g/mol. The molecule has 0 spiro atoms. The van der Waals surface area contributed by atoms with Crippen LogP contribution in [0.5, 0.6) is 0 Å². The Labute approximate surface area is 205 Å². The lowest BCUT2D eigenvalue weighted by atomic mass is 9.98. The van der Waals surface area contributed by atoms with Crippen molar-refractivity contribution in [1.82, 2.24) is 20.3 Å². The number of aromatic nitrogens is 1. The van der Waals surface area contributed by atoms with Crippen LogP contribution in [0.3, 0.4) is 0 Å². The molecule has 1 aliphatic heterocycles. The Balaban J connectivity index is 0.00000341. The maximum atomic E-state index is 6.03. The molecule has 178 valence electrons. The lowest BCUT2D eigenvalue weighted by Crippen LogP contribution is -2.52. The Morgan fingerprint density at radius 2 is 1.94 bits per heavy atom. The summed E-state index contributed by atoms with van der Waals surface area (Å²) in [7, 11) is 0. The van der Waals surface area contributed by atoms with Gasteiger partial charge >= 0.3 is 0 Å². The summed E-state index contributed by atoms with van der Waals surface area (Å²) in [4.78, 5) is 9.71. The van der Waals surface area contributed by atoms with Crippen LogP contribution in [0.15, 0.2) is 15.6 Å². The van der Waals surface area contributed by atoms with E-state index < -0.39 is 0 Å². The zero-order chi connectivity index (χ0) is 21.0. The third kappa shape index (κ3) is 9.65. The summed E-state index contributed by atoms with van der Waals surface area (Å²) in [5.41, 5.74) is 1.02. The normalized spacial score (nSPS) is 18.8. The van der Waals surface area contributed by atoms with Crippen LogP contribution in [0, 0.1) is 6.92 Å². The van der Waals surface area contributed by atoms with E-state index in [1.807, 2.05) is 13.0 Å². The third-order valence-electron chi connectivity index (χ3n) is 6.04. The number of aryl methyl sites for hydroxylation is 1. The van der Waals surface area contributed by atoms with Gasteiger partial charge in [0.15, 0.2) is 5.96 Å². The summed E-state index contributed by atoms with van der Waals surface area (Å²) in [6.07, 6.45) is 10.6. The number of guanidine groups is 1. The van der Waals surface area contributed by atoms with Gasteiger partial charge in [0.05, 0.1) is 11.8 Å². The molecule has 1 saturated carbocycles. The third-order valence-corrected chi connectivity index (χ3v) is 6.04. The number of unbranched alkanes of at least 4 members (excludes halogenated alkanes) is 2. The fraction of sp³-hybridized carbons (Fsp3) is 0.826. The minimum atomic E-state index is 0. The van der Waals surface area contributed by atoms with Gasteiger partial charge in [-0.3, -0.25) is 9.89 Å². The predicted octanol–water partition coefficient (Wildman–Crippen LogP) is 4.20. The van der Waals surface area contributed by atoms with E-state index in [1.165, 1.54) is 38.5 Å². The minimum Gasteiger partial charge on any atom is -0.378 e. The predicted molar refractivity (Wildman–Crippen MR) is 136 cm³/mol. The maximum Gasteiger partial charge on any atom is 0.194 e. The molecule has 0 unspecified atom stereocenters. The molecule has 1 aromatic heterocycles. The van der Waals surface area contributed by atoms with Crippen LogP contribution in [0.25, 0.3) is 0 Å². The topological polar surface area (TPSA) is 66.1 Å². The van der Waals surface area contributed by atoms with E-state index in [-0.39, 0.29) is 24.0 Å². The van der Waals surface area contributed by atoms with E-state index in [9.17, 15) is 0 Å². The minimum absolute atomic E-state index is 0. The number of piperazine rings is 1. The smallest absolute Gasteiger partial charge is 0.194 e. The summed E-state index contributed by atoms with van der Waals surface area (Å²) in [5.74, 6) is 1.94. The van der Waals surface area contributed by atoms with E-state index >= 15 is 0 Å². The quantitative estimate of drug-likeness (QED) is 0.205. The molecule has 0 atom stereocenters. The fourth-order valence-corrected chi connectivity index (χ4v) is 4.32. The highest BCUT2D eigenvalue weighted by Crippen LogP contribution is 2.20. The van der Waals surface area contributed by atoms with Gasteiger partial charge < -0.3 is 19.5 Å². The van der Waals surface area contributed by atoms with Crippen molar-refractivity contribution in [2.24, 2.45) is 4.99 Å². The molecular weight excluding hydrogens is 505 g/mol. The van der Waals surface area contributed by atoms with Gasteiger partial charge in [0.2, 0.25) is 0 Å². The van der Waals surface area contributed by atoms with E-state index in [4.69, 9.17) is 14.3 Å². The number of nitrogens with one attached hydrogen (secondary N) is 1. The van der Waals surface area contributed by atoms with E-state index in [2.05, 4.69) is 27.2 Å². The van der Waals surface area contributed by atoms with Gasteiger partial charge in [-0.25, -0.2) is 0 Å². The van der Waals surface area contributed by atoms with Crippen molar-refractivity contribution in [1.29, 1.82) is 0 Å². The highest BCUT2D eigenvalue weighted by molar-refractivity contribution is 14.0. The molecule has 1 aromatic rings. The first-order valence-electron chi connectivity index (χ1n) is 12.0. The van der Waals surface area contributed by atoms with Crippen molar-refractivity contribution in [2.45, 2.75) is 77.9 Å². The number of nitrogens with zero attached hydrogens (tertiary/aromatic N) is 4. The maximum absolute atomic E-state index is 6.03. The molecule has 7 nitrogen and oxygen atoms in total. The zero-order valence-electron chi connectivity index (χ0n) is 19.5. The molecule has 2 aliphatic rings. The molecule has 0 aromatic carbocycles. The second-order valence-corrected chi connectivity index (χ2v) is 8.62. The fourth-order valence-electron chi connectivity index (χ4n) is 4.32. The van der Waals surface area contributed by atoms with Crippen molar-refractivity contribution >= 4 is 29.9 Å². The molecule has 1 aliphatic carbocycles.